The molecule has 0 radical (unpaired) electrons. The molecule has 0 aliphatic rings. The molecule has 0 unspecified atom stereocenters. The molecule has 0 rings (SSSR count). The van der Waals surface area contributed by atoms with Crippen LogP contribution in [0.4, 0.5) is 0 Å². The molecule has 0 bridgehead atoms. The molecule has 208 valence electrons. The van der Waals surface area contributed by atoms with Gasteiger partial charge in [-0.15, -0.1) is 0 Å². The van der Waals surface area contributed by atoms with Gasteiger partial charge in [0.2, 0.25) is 17.7 Å². The number of carbonyl (C=O) groups excluding carboxylic acids is 3. The Balaban J connectivity index is 4.06. The molecule has 0 aliphatic heterocycles. The molecule has 11 N–H and O–H groups in total. The molecule has 0 saturated heterocycles. The first-order valence-corrected chi connectivity index (χ1v) is 12.7. The molecule has 0 heterocycles. The van der Waals surface area contributed by atoms with Crippen molar-refractivity contribution < 1.29 is 14.4 Å². The molecule has 0 saturated carbocycles. The highest BCUT2D eigenvalue weighted by Crippen LogP contribution is 2.03. The van der Waals surface area contributed by atoms with E-state index >= 15 is 0 Å². The van der Waals surface area contributed by atoms with E-state index < -0.39 is 0 Å². The fraction of sp³-hybridized carbons (Fsp3) is 0.783. The van der Waals surface area contributed by atoms with Gasteiger partial charge >= 0.3 is 0 Å². The molecule has 0 aromatic carbocycles. The van der Waals surface area contributed by atoms with E-state index in [2.05, 4.69) is 25.9 Å². The van der Waals surface area contributed by atoms with E-state index in [4.69, 9.17) is 22.9 Å². The molecule has 3 amide bonds. The zero-order chi connectivity index (χ0) is 27.2. The number of hydrogen-bond donors (Lipinski definition) is 7. The fourth-order valence-electron chi connectivity index (χ4n) is 3.22. The minimum atomic E-state index is -0.155. The number of carbonyl (C=O) groups is 3. The van der Waals surface area contributed by atoms with Crippen LogP contribution in [-0.2, 0) is 14.4 Å². The lowest BCUT2D eigenvalue weighted by molar-refractivity contribution is -0.133. The number of guanidine groups is 2. The summed E-state index contributed by atoms with van der Waals surface area (Å²) in [5.41, 5.74) is 21.3. The molecule has 13 nitrogen and oxygen atoms in total. The number of rotatable bonds is 21. The maximum atomic E-state index is 12.6. The Bertz CT molecular complexity index is 666. The first-order chi connectivity index (χ1) is 17.1. The first kappa shape index (κ1) is 32.9. The SMILES string of the molecule is CC(C)CC(=O)NCCCNCCCNC(=O)CCC(=O)N(CCCN=C(N)N)CCCN=C(N)N. The van der Waals surface area contributed by atoms with E-state index in [1.807, 2.05) is 13.8 Å². The maximum Gasteiger partial charge on any atom is 0.223 e. The van der Waals surface area contributed by atoms with Gasteiger partial charge in [-0.05, 0) is 44.7 Å². The van der Waals surface area contributed by atoms with Crippen molar-refractivity contribution in [2.45, 2.75) is 58.8 Å². The predicted molar refractivity (Wildman–Crippen MR) is 144 cm³/mol. The quantitative estimate of drug-likeness (QED) is 0.0547. The number of amides is 3. The minimum Gasteiger partial charge on any atom is -0.370 e. The summed E-state index contributed by atoms with van der Waals surface area (Å²) in [6, 6.07) is 0. The topological polar surface area (TPSA) is 219 Å². The Morgan fingerprint density at radius 3 is 1.69 bits per heavy atom. The van der Waals surface area contributed by atoms with Gasteiger partial charge in [0.15, 0.2) is 11.9 Å². The van der Waals surface area contributed by atoms with E-state index in [-0.39, 0.29) is 42.5 Å². The van der Waals surface area contributed by atoms with Gasteiger partial charge < -0.3 is 43.8 Å². The second kappa shape index (κ2) is 21.2. The smallest absolute Gasteiger partial charge is 0.223 e. The summed E-state index contributed by atoms with van der Waals surface area (Å²) in [4.78, 5) is 45.9. The van der Waals surface area contributed by atoms with Crippen molar-refractivity contribution in [3.05, 3.63) is 0 Å². The third-order valence-corrected chi connectivity index (χ3v) is 4.98. The van der Waals surface area contributed by atoms with Crippen molar-refractivity contribution in [3.8, 4) is 0 Å². The van der Waals surface area contributed by atoms with E-state index in [1.54, 1.807) is 4.90 Å². The van der Waals surface area contributed by atoms with Crippen molar-refractivity contribution in [2.75, 3.05) is 52.4 Å². The lowest BCUT2D eigenvalue weighted by atomic mass is 10.1. The Labute approximate surface area is 215 Å². The molecular formula is C23H48N10O3. The number of nitrogens with two attached hydrogens (primary N) is 4. The Morgan fingerprint density at radius 1 is 0.722 bits per heavy atom. The van der Waals surface area contributed by atoms with Crippen LogP contribution in [0.25, 0.3) is 0 Å². The number of nitrogens with zero attached hydrogens (tertiary/aromatic N) is 3. The molecule has 0 aromatic rings. The van der Waals surface area contributed by atoms with Crippen LogP contribution in [0.15, 0.2) is 9.98 Å². The van der Waals surface area contributed by atoms with Gasteiger partial charge in [0, 0.05) is 58.5 Å². The highest BCUT2D eigenvalue weighted by molar-refractivity contribution is 5.83. The van der Waals surface area contributed by atoms with Crippen LogP contribution in [0.2, 0.25) is 0 Å². The molecular weight excluding hydrogens is 464 g/mol. The number of hydrogen-bond acceptors (Lipinski definition) is 6. The summed E-state index contributed by atoms with van der Waals surface area (Å²) in [7, 11) is 0. The van der Waals surface area contributed by atoms with E-state index in [1.165, 1.54) is 0 Å². The Morgan fingerprint density at radius 2 is 1.22 bits per heavy atom. The summed E-state index contributed by atoms with van der Waals surface area (Å²) in [5.74, 6) is 0.209. The van der Waals surface area contributed by atoms with Crippen LogP contribution in [0.3, 0.4) is 0 Å². The number of aliphatic imine (C=N–C) groups is 2. The van der Waals surface area contributed by atoms with Gasteiger partial charge in [-0.2, -0.15) is 0 Å². The van der Waals surface area contributed by atoms with Gasteiger partial charge in [0.05, 0.1) is 0 Å². The van der Waals surface area contributed by atoms with Crippen molar-refractivity contribution in [1.29, 1.82) is 0 Å². The zero-order valence-electron chi connectivity index (χ0n) is 22.1. The van der Waals surface area contributed by atoms with Crippen LogP contribution in [0.1, 0.15) is 58.8 Å². The standard InChI is InChI=1S/C23H48N10O3/c1-18(2)17-20(35)30-12-4-10-28-9-3-11-29-19(34)7-8-21(36)33(15-5-13-31-22(24)25)16-6-14-32-23(26)27/h18,28H,3-17H2,1-2H3,(H,29,34)(H,30,35)(H4,24,25,31)(H4,26,27,32). The lowest BCUT2D eigenvalue weighted by Gasteiger charge is -2.22. The lowest BCUT2D eigenvalue weighted by Crippen LogP contribution is -2.35. The molecule has 0 aliphatic carbocycles. The minimum absolute atomic E-state index is 0.0121. The highest BCUT2D eigenvalue weighted by atomic mass is 16.2. The van der Waals surface area contributed by atoms with Gasteiger partial charge in [-0.3, -0.25) is 24.4 Å². The van der Waals surface area contributed by atoms with Crippen LogP contribution in [0, 0.1) is 5.92 Å². The summed E-state index contributed by atoms with van der Waals surface area (Å²) in [6.07, 6.45) is 3.65. The van der Waals surface area contributed by atoms with Crippen LogP contribution in [0.5, 0.6) is 0 Å². The monoisotopic (exact) mass is 512 g/mol. The van der Waals surface area contributed by atoms with Gasteiger partial charge in [0.1, 0.15) is 0 Å². The summed E-state index contributed by atoms with van der Waals surface area (Å²) in [5, 5.41) is 9.03. The summed E-state index contributed by atoms with van der Waals surface area (Å²) < 4.78 is 0. The van der Waals surface area contributed by atoms with Crippen molar-refractivity contribution in [3.63, 3.8) is 0 Å². The van der Waals surface area contributed by atoms with Crippen LogP contribution >= 0.6 is 0 Å². The van der Waals surface area contributed by atoms with Crippen LogP contribution < -0.4 is 38.9 Å². The number of nitrogens with one attached hydrogen (secondary N) is 3. The molecule has 0 spiro atoms. The van der Waals surface area contributed by atoms with Crippen LogP contribution in [-0.4, -0.2) is 86.9 Å². The Kier molecular flexibility index (Phi) is 19.4. The molecule has 36 heavy (non-hydrogen) atoms. The largest absolute Gasteiger partial charge is 0.370 e. The Hall–Kier alpha value is -3.09. The third kappa shape index (κ3) is 21.4. The van der Waals surface area contributed by atoms with Gasteiger partial charge in [-0.25, -0.2) is 0 Å². The van der Waals surface area contributed by atoms with Crippen molar-refractivity contribution in [2.24, 2.45) is 38.8 Å². The molecule has 0 atom stereocenters. The first-order valence-electron chi connectivity index (χ1n) is 12.7. The van der Waals surface area contributed by atoms with E-state index in [9.17, 15) is 14.4 Å². The summed E-state index contributed by atoms with van der Waals surface area (Å²) in [6.45, 7) is 8.58. The van der Waals surface area contributed by atoms with Gasteiger partial charge in [-0.1, -0.05) is 13.8 Å². The molecule has 0 aromatic heterocycles. The van der Waals surface area contributed by atoms with Gasteiger partial charge in [0.25, 0.3) is 0 Å². The summed E-state index contributed by atoms with van der Waals surface area (Å²) >= 11 is 0. The average Bonchev–Trinajstić information content (AvgIpc) is 2.79. The second-order valence-electron chi connectivity index (χ2n) is 8.96. The zero-order valence-corrected chi connectivity index (χ0v) is 22.1. The fourth-order valence-corrected chi connectivity index (χ4v) is 3.22. The third-order valence-electron chi connectivity index (χ3n) is 4.98. The maximum absolute atomic E-state index is 12.6. The van der Waals surface area contributed by atoms with Crippen molar-refractivity contribution in [1.82, 2.24) is 20.9 Å². The normalized spacial score (nSPS) is 10.5. The van der Waals surface area contributed by atoms with E-state index in [0.717, 1.165) is 25.9 Å². The van der Waals surface area contributed by atoms with E-state index in [0.29, 0.717) is 64.4 Å². The molecule has 13 heteroatoms. The average molecular weight is 513 g/mol. The molecule has 0 fully saturated rings. The van der Waals surface area contributed by atoms with Crippen molar-refractivity contribution >= 4 is 29.6 Å². The highest BCUT2D eigenvalue weighted by Gasteiger charge is 2.14. The second-order valence-corrected chi connectivity index (χ2v) is 8.96. The predicted octanol–water partition coefficient (Wildman–Crippen LogP) is -1.43.